The van der Waals surface area contributed by atoms with E-state index < -0.39 is 25.0 Å². The van der Waals surface area contributed by atoms with Crippen LogP contribution in [0.1, 0.15) is 40.9 Å². The van der Waals surface area contributed by atoms with Crippen LogP contribution in [0.4, 0.5) is 0 Å². The van der Waals surface area contributed by atoms with Crippen molar-refractivity contribution in [1.82, 2.24) is 10.2 Å². The van der Waals surface area contributed by atoms with E-state index in [2.05, 4.69) is 10.2 Å². The fourth-order valence-corrected chi connectivity index (χ4v) is 4.74. The van der Waals surface area contributed by atoms with Crippen LogP contribution >= 0.6 is 11.6 Å². The maximum atomic E-state index is 13.1. The number of nitrogens with one attached hydrogen (secondary N) is 1. The number of hydrogen-bond donors (Lipinski definition) is 2. The molecule has 0 bridgehead atoms. The fourth-order valence-electron chi connectivity index (χ4n) is 4.57. The van der Waals surface area contributed by atoms with Gasteiger partial charge in [-0.05, 0) is 53.2 Å². The maximum Gasteiger partial charge on any atom is 0.492 e. The molecular weight excluding hydrogens is 511 g/mol. The molecule has 0 saturated carbocycles. The van der Waals surface area contributed by atoms with Crippen molar-refractivity contribution < 1.29 is 33.5 Å². The lowest BCUT2D eigenvalue weighted by Crippen LogP contribution is -2.46. The highest BCUT2D eigenvalue weighted by Gasteiger charge is 2.32. The zero-order valence-corrected chi connectivity index (χ0v) is 22.8. The number of esters is 1. The van der Waals surface area contributed by atoms with E-state index in [9.17, 15) is 14.6 Å². The summed E-state index contributed by atoms with van der Waals surface area (Å²) in [4.78, 5) is 28.3. The fraction of sp³-hybridized carbons (Fsp3) is 0.481. The molecule has 0 unspecified atom stereocenters. The van der Waals surface area contributed by atoms with Crippen molar-refractivity contribution >= 4 is 36.1 Å². The molecule has 1 atom stereocenters. The number of amides is 1. The van der Waals surface area contributed by atoms with Gasteiger partial charge in [0.2, 0.25) is 0 Å². The Hall–Kier alpha value is -2.63. The van der Waals surface area contributed by atoms with Crippen LogP contribution in [0.25, 0.3) is 0 Å². The van der Waals surface area contributed by atoms with Gasteiger partial charge < -0.3 is 29.2 Å². The van der Waals surface area contributed by atoms with E-state index >= 15 is 0 Å². The molecular formula is C27H34BClN2O7. The van der Waals surface area contributed by atoms with Crippen LogP contribution < -0.4 is 15.5 Å². The number of morpholine rings is 1. The van der Waals surface area contributed by atoms with Gasteiger partial charge in [0, 0.05) is 25.2 Å². The molecule has 204 valence electrons. The summed E-state index contributed by atoms with van der Waals surface area (Å²) in [6, 6.07) is 7.84. The molecule has 2 aliphatic rings. The summed E-state index contributed by atoms with van der Waals surface area (Å²) in [5.41, 5.74) is 3.18. The minimum absolute atomic E-state index is 0.0102. The Morgan fingerprint density at radius 3 is 2.71 bits per heavy atom. The first-order valence-electron chi connectivity index (χ1n) is 12.9. The summed E-state index contributed by atoms with van der Waals surface area (Å²) >= 11 is 6.31. The molecule has 2 heterocycles. The molecule has 2 aliphatic heterocycles. The van der Waals surface area contributed by atoms with Crippen LogP contribution in [0.3, 0.4) is 0 Å². The number of nitrogens with zero attached hydrogens (tertiary/aromatic N) is 1. The van der Waals surface area contributed by atoms with E-state index in [1.807, 2.05) is 13.8 Å². The summed E-state index contributed by atoms with van der Waals surface area (Å²) in [5.74, 6) is -0.636. The molecule has 2 aromatic carbocycles. The minimum atomic E-state index is -1.06. The van der Waals surface area contributed by atoms with Gasteiger partial charge >= 0.3 is 13.1 Å². The average Bonchev–Trinajstić information content (AvgIpc) is 3.29. The highest BCUT2D eigenvalue weighted by atomic mass is 35.5. The Balaban J connectivity index is 1.34. The van der Waals surface area contributed by atoms with Crippen molar-refractivity contribution in [2.75, 3.05) is 39.5 Å². The Bertz CT molecular complexity index is 1160. The number of ether oxygens (including phenoxy) is 3. The second-order valence-corrected chi connectivity index (χ2v) is 10.3. The number of halogens is 1. The Kier molecular flexibility index (Phi) is 9.67. The molecule has 0 aromatic heterocycles. The van der Waals surface area contributed by atoms with Crippen molar-refractivity contribution in [2.24, 2.45) is 5.92 Å². The third-order valence-electron chi connectivity index (χ3n) is 6.85. The van der Waals surface area contributed by atoms with Crippen molar-refractivity contribution in [2.45, 2.75) is 40.0 Å². The van der Waals surface area contributed by atoms with Gasteiger partial charge in [0.15, 0.2) is 0 Å². The largest absolute Gasteiger partial charge is 0.492 e. The number of benzene rings is 2. The van der Waals surface area contributed by atoms with Crippen molar-refractivity contribution in [3.8, 4) is 5.75 Å². The lowest BCUT2D eigenvalue weighted by Gasteiger charge is -2.26. The van der Waals surface area contributed by atoms with Gasteiger partial charge in [-0.2, -0.15) is 0 Å². The predicted octanol–water partition coefficient (Wildman–Crippen LogP) is 2.07. The number of hydrogen-bond acceptors (Lipinski definition) is 8. The van der Waals surface area contributed by atoms with Gasteiger partial charge in [-0.25, -0.2) is 4.79 Å². The first kappa shape index (κ1) is 28.4. The Morgan fingerprint density at radius 1 is 1.21 bits per heavy atom. The van der Waals surface area contributed by atoms with E-state index in [1.165, 1.54) is 0 Å². The van der Waals surface area contributed by atoms with E-state index in [0.29, 0.717) is 40.6 Å². The number of fused-ring (bicyclic) bond motifs is 1. The van der Waals surface area contributed by atoms with Crippen LogP contribution in [0.2, 0.25) is 5.02 Å². The van der Waals surface area contributed by atoms with Crippen LogP contribution in [0, 0.1) is 12.8 Å². The second kappa shape index (κ2) is 13.0. The molecule has 1 saturated heterocycles. The van der Waals surface area contributed by atoms with Crippen LogP contribution in [0.5, 0.6) is 5.75 Å². The van der Waals surface area contributed by atoms with Crippen molar-refractivity contribution in [3.63, 3.8) is 0 Å². The molecule has 2 aromatic rings. The molecule has 0 aliphatic carbocycles. The average molecular weight is 545 g/mol. The summed E-state index contributed by atoms with van der Waals surface area (Å²) < 4.78 is 22.1. The Morgan fingerprint density at radius 2 is 1.97 bits per heavy atom. The summed E-state index contributed by atoms with van der Waals surface area (Å²) in [5, 5.41) is 13.4. The third-order valence-corrected chi connectivity index (χ3v) is 7.16. The molecule has 0 radical (unpaired) electrons. The molecule has 1 fully saturated rings. The smallest absolute Gasteiger partial charge is 0.491 e. The van der Waals surface area contributed by atoms with Gasteiger partial charge in [-0.1, -0.05) is 37.6 Å². The highest BCUT2D eigenvalue weighted by Crippen LogP contribution is 2.26. The topological polar surface area (TPSA) is 107 Å². The zero-order chi connectivity index (χ0) is 27.2. The van der Waals surface area contributed by atoms with E-state index in [-0.39, 0.29) is 12.5 Å². The quantitative estimate of drug-likeness (QED) is 0.346. The molecule has 2 N–H and O–H groups in total. The van der Waals surface area contributed by atoms with Crippen molar-refractivity contribution in [1.29, 1.82) is 0 Å². The van der Waals surface area contributed by atoms with Gasteiger partial charge in [0.05, 0.1) is 24.8 Å². The molecule has 9 nitrogen and oxygen atoms in total. The van der Waals surface area contributed by atoms with Gasteiger partial charge in [0.1, 0.15) is 25.0 Å². The van der Waals surface area contributed by atoms with Gasteiger partial charge in [0.25, 0.3) is 5.91 Å². The SMILES string of the molecule is Cc1c(C(=O)N[C@H](C(=O)OCc2ccc(Cl)c(OCCN3CCOCC3)c2)C(C)C)ccc2c1B(O)OC2. The van der Waals surface area contributed by atoms with Crippen LogP contribution in [-0.4, -0.2) is 74.4 Å². The first-order chi connectivity index (χ1) is 18.2. The molecule has 0 spiro atoms. The molecule has 1 amide bonds. The second-order valence-electron chi connectivity index (χ2n) is 9.84. The predicted molar refractivity (Wildman–Crippen MR) is 144 cm³/mol. The Labute approximate surface area is 228 Å². The van der Waals surface area contributed by atoms with Crippen LogP contribution in [-0.2, 0) is 32.1 Å². The number of carbonyl (C=O) groups is 2. The van der Waals surface area contributed by atoms with Crippen molar-refractivity contribution in [3.05, 3.63) is 57.6 Å². The van der Waals surface area contributed by atoms with Gasteiger partial charge in [-0.3, -0.25) is 9.69 Å². The minimum Gasteiger partial charge on any atom is -0.491 e. The van der Waals surface area contributed by atoms with E-state index in [1.54, 1.807) is 37.3 Å². The van der Waals surface area contributed by atoms with Crippen LogP contribution in [0.15, 0.2) is 30.3 Å². The third kappa shape index (κ3) is 6.87. The standard InChI is InChI=1S/C27H34BClN2O7/c1-17(2)25(30-26(32)21-6-5-20-16-38-28(34)24(20)18(21)3)27(33)37-15-19-4-7-22(29)23(14-19)36-13-10-31-8-11-35-12-9-31/h4-7,14,17,25,34H,8-13,15-16H2,1-3H3,(H,30,32)/t25-/m0/s1. The highest BCUT2D eigenvalue weighted by molar-refractivity contribution is 6.62. The van der Waals surface area contributed by atoms with E-state index in [0.717, 1.165) is 44.0 Å². The van der Waals surface area contributed by atoms with E-state index in [4.69, 9.17) is 30.5 Å². The molecule has 4 rings (SSSR count). The lowest BCUT2D eigenvalue weighted by atomic mass is 9.75. The normalized spacial score (nSPS) is 16.3. The summed E-state index contributed by atoms with van der Waals surface area (Å²) in [6.07, 6.45) is 0. The zero-order valence-electron chi connectivity index (χ0n) is 22.0. The first-order valence-corrected chi connectivity index (χ1v) is 13.2. The lowest BCUT2D eigenvalue weighted by molar-refractivity contribution is -0.148. The summed E-state index contributed by atoms with van der Waals surface area (Å²) in [7, 11) is -1.06. The molecule has 38 heavy (non-hydrogen) atoms. The summed E-state index contributed by atoms with van der Waals surface area (Å²) in [6.45, 7) is 10.2. The number of rotatable bonds is 10. The monoisotopic (exact) mass is 544 g/mol. The van der Waals surface area contributed by atoms with Gasteiger partial charge in [-0.15, -0.1) is 0 Å². The molecule has 11 heteroatoms. The number of carbonyl (C=O) groups excluding carboxylic acids is 2. The maximum absolute atomic E-state index is 13.1.